The van der Waals surface area contributed by atoms with Gasteiger partial charge >= 0.3 is 6.03 Å². The summed E-state index contributed by atoms with van der Waals surface area (Å²) < 4.78 is 1.72. The smallest absolute Gasteiger partial charge is 0.320 e. The topological polar surface area (TPSA) is 59.0 Å². The quantitative estimate of drug-likeness (QED) is 0.868. The van der Waals surface area contributed by atoms with Gasteiger partial charge in [-0.05, 0) is 12.5 Å². The molecule has 2 rings (SSSR count). The van der Waals surface area contributed by atoms with E-state index in [9.17, 15) is 4.79 Å². The largest absolute Gasteiger partial charge is 0.334 e. The number of nitrogens with one attached hydrogen (secondary N) is 2. The fraction of sp³-hybridized carbons (Fsp3) is 0.231. The van der Waals surface area contributed by atoms with Crippen LogP contribution in [0.3, 0.4) is 0 Å². The van der Waals surface area contributed by atoms with Gasteiger partial charge in [0.25, 0.3) is 0 Å². The van der Waals surface area contributed by atoms with Crippen LogP contribution in [0.4, 0.5) is 10.6 Å². The summed E-state index contributed by atoms with van der Waals surface area (Å²) in [6, 6.07) is 11.3. The lowest BCUT2D eigenvalue weighted by molar-refractivity contribution is 0.251. The number of hydrogen-bond acceptors (Lipinski definition) is 2. The minimum absolute atomic E-state index is 0.253. The average molecular weight is 244 g/mol. The van der Waals surface area contributed by atoms with Gasteiger partial charge in [-0.15, -0.1) is 0 Å². The maximum atomic E-state index is 11.6. The van der Waals surface area contributed by atoms with E-state index < -0.39 is 0 Å². The van der Waals surface area contributed by atoms with Crippen LogP contribution in [0.15, 0.2) is 36.4 Å². The molecule has 2 N–H and O–H groups in total. The molecular formula is C13H16N4O. The van der Waals surface area contributed by atoms with Crippen molar-refractivity contribution in [2.45, 2.75) is 13.5 Å². The Labute approximate surface area is 106 Å². The first-order chi connectivity index (χ1) is 8.65. The van der Waals surface area contributed by atoms with E-state index in [-0.39, 0.29) is 6.03 Å². The van der Waals surface area contributed by atoms with Crippen LogP contribution in [0.1, 0.15) is 11.3 Å². The SMILES string of the molecule is Cc1cc(NC(=O)NCc2ccccc2)nn1C. The van der Waals surface area contributed by atoms with Crippen LogP contribution in [0.2, 0.25) is 0 Å². The molecule has 0 aliphatic heterocycles. The molecule has 0 spiro atoms. The van der Waals surface area contributed by atoms with Gasteiger partial charge in [-0.2, -0.15) is 5.10 Å². The van der Waals surface area contributed by atoms with E-state index in [1.807, 2.05) is 50.4 Å². The van der Waals surface area contributed by atoms with Gasteiger partial charge in [-0.3, -0.25) is 10.00 Å². The lowest BCUT2D eigenvalue weighted by Gasteiger charge is -2.05. The summed E-state index contributed by atoms with van der Waals surface area (Å²) in [6.07, 6.45) is 0. The number of amides is 2. The lowest BCUT2D eigenvalue weighted by Crippen LogP contribution is -2.28. The van der Waals surface area contributed by atoms with Crippen LogP contribution in [-0.4, -0.2) is 15.8 Å². The Morgan fingerprint density at radius 2 is 2.06 bits per heavy atom. The average Bonchev–Trinajstić information content (AvgIpc) is 2.67. The number of benzene rings is 1. The first-order valence-corrected chi connectivity index (χ1v) is 5.74. The third-order valence-corrected chi connectivity index (χ3v) is 2.65. The zero-order chi connectivity index (χ0) is 13.0. The van der Waals surface area contributed by atoms with Crippen LogP contribution in [-0.2, 0) is 13.6 Å². The van der Waals surface area contributed by atoms with Gasteiger partial charge in [0.15, 0.2) is 5.82 Å². The van der Waals surface area contributed by atoms with Gasteiger partial charge in [0.1, 0.15) is 0 Å². The normalized spacial score (nSPS) is 10.1. The van der Waals surface area contributed by atoms with Crippen molar-refractivity contribution < 1.29 is 4.79 Å². The Morgan fingerprint density at radius 1 is 1.33 bits per heavy atom. The number of nitrogens with zero attached hydrogens (tertiary/aromatic N) is 2. The Balaban J connectivity index is 1.86. The third kappa shape index (κ3) is 3.10. The summed E-state index contributed by atoms with van der Waals surface area (Å²) in [5.41, 5.74) is 2.05. The second-order valence-corrected chi connectivity index (χ2v) is 4.09. The van der Waals surface area contributed by atoms with Crippen LogP contribution < -0.4 is 10.6 Å². The molecule has 0 saturated carbocycles. The minimum atomic E-state index is -0.253. The summed E-state index contributed by atoms with van der Waals surface area (Å²) in [6.45, 7) is 2.43. The number of carbonyl (C=O) groups is 1. The highest BCUT2D eigenvalue weighted by atomic mass is 16.2. The minimum Gasteiger partial charge on any atom is -0.334 e. The maximum absolute atomic E-state index is 11.6. The second-order valence-electron chi connectivity index (χ2n) is 4.09. The van der Waals surface area contributed by atoms with Gasteiger partial charge < -0.3 is 5.32 Å². The number of aryl methyl sites for hydroxylation is 2. The molecule has 5 heteroatoms. The molecule has 2 amide bonds. The van der Waals surface area contributed by atoms with E-state index in [0.717, 1.165) is 11.3 Å². The molecule has 1 heterocycles. The third-order valence-electron chi connectivity index (χ3n) is 2.65. The van der Waals surface area contributed by atoms with Crippen LogP contribution in [0.5, 0.6) is 0 Å². The zero-order valence-corrected chi connectivity index (χ0v) is 10.5. The highest BCUT2D eigenvalue weighted by Crippen LogP contribution is 2.06. The predicted octanol–water partition coefficient (Wildman–Crippen LogP) is 2.05. The van der Waals surface area contributed by atoms with E-state index in [2.05, 4.69) is 15.7 Å². The molecular weight excluding hydrogens is 228 g/mol. The van der Waals surface area contributed by atoms with E-state index >= 15 is 0 Å². The van der Waals surface area contributed by atoms with Crippen molar-refractivity contribution in [1.29, 1.82) is 0 Å². The van der Waals surface area contributed by atoms with Crippen molar-refractivity contribution in [3.8, 4) is 0 Å². The fourth-order valence-corrected chi connectivity index (χ4v) is 1.56. The number of hydrogen-bond donors (Lipinski definition) is 2. The fourth-order valence-electron chi connectivity index (χ4n) is 1.56. The first kappa shape index (κ1) is 12.2. The number of carbonyl (C=O) groups excluding carboxylic acids is 1. The highest BCUT2D eigenvalue weighted by Gasteiger charge is 2.05. The van der Waals surface area contributed by atoms with Gasteiger partial charge in [0.05, 0.1) is 0 Å². The summed E-state index contributed by atoms with van der Waals surface area (Å²) >= 11 is 0. The van der Waals surface area contributed by atoms with Crippen molar-refractivity contribution in [2.75, 3.05) is 5.32 Å². The Kier molecular flexibility index (Phi) is 3.62. The zero-order valence-electron chi connectivity index (χ0n) is 10.5. The number of rotatable bonds is 3. The Hall–Kier alpha value is -2.30. The molecule has 0 aliphatic rings. The molecule has 2 aromatic rings. The maximum Gasteiger partial charge on any atom is 0.320 e. The highest BCUT2D eigenvalue weighted by molar-refractivity contribution is 5.88. The van der Waals surface area contributed by atoms with Crippen molar-refractivity contribution >= 4 is 11.8 Å². The molecule has 94 valence electrons. The van der Waals surface area contributed by atoms with E-state index in [1.54, 1.807) is 4.68 Å². The van der Waals surface area contributed by atoms with Crippen molar-refractivity contribution in [2.24, 2.45) is 7.05 Å². The second kappa shape index (κ2) is 5.35. The van der Waals surface area contributed by atoms with Crippen LogP contribution in [0.25, 0.3) is 0 Å². The van der Waals surface area contributed by atoms with Crippen molar-refractivity contribution in [1.82, 2.24) is 15.1 Å². The molecule has 0 bridgehead atoms. The molecule has 18 heavy (non-hydrogen) atoms. The van der Waals surface area contributed by atoms with Crippen LogP contribution >= 0.6 is 0 Å². The van der Waals surface area contributed by atoms with Gasteiger partial charge in [-0.1, -0.05) is 30.3 Å². The summed E-state index contributed by atoms with van der Waals surface area (Å²) in [5, 5.41) is 9.62. The molecule has 0 radical (unpaired) electrons. The van der Waals surface area contributed by atoms with E-state index in [1.165, 1.54) is 0 Å². The molecule has 1 aromatic heterocycles. The molecule has 0 atom stereocenters. The monoisotopic (exact) mass is 244 g/mol. The van der Waals surface area contributed by atoms with E-state index in [4.69, 9.17) is 0 Å². The van der Waals surface area contributed by atoms with Gasteiger partial charge in [-0.25, -0.2) is 4.79 Å². The van der Waals surface area contributed by atoms with Crippen molar-refractivity contribution in [3.63, 3.8) is 0 Å². The predicted molar refractivity (Wildman–Crippen MR) is 70.2 cm³/mol. The van der Waals surface area contributed by atoms with Crippen molar-refractivity contribution in [3.05, 3.63) is 47.7 Å². The summed E-state index contributed by atoms with van der Waals surface area (Å²) in [5.74, 6) is 0.556. The summed E-state index contributed by atoms with van der Waals surface area (Å²) in [7, 11) is 1.84. The Bertz CT molecular complexity index is 514. The van der Waals surface area contributed by atoms with Gasteiger partial charge in [0, 0.05) is 25.4 Å². The number of urea groups is 1. The first-order valence-electron chi connectivity index (χ1n) is 5.74. The molecule has 0 saturated heterocycles. The summed E-state index contributed by atoms with van der Waals surface area (Å²) in [4.78, 5) is 11.6. The molecule has 0 aliphatic carbocycles. The molecule has 0 fully saturated rings. The number of aromatic nitrogens is 2. The lowest BCUT2D eigenvalue weighted by atomic mass is 10.2. The molecule has 0 unspecified atom stereocenters. The Morgan fingerprint density at radius 3 is 2.67 bits per heavy atom. The van der Waals surface area contributed by atoms with Gasteiger partial charge in [0.2, 0.25) is 0 Å². The van der Waals surface area contributed by atoms with Crippen LogP contribution in [0, 0.1) is 6.92 Å². The molecule has 5 nitrogen and oxygen atoms in total. The van der Waals surface area contributed by atoms with E-state index in [0.29, 0.717) is 12.4 Å². The number of anilines is 1. The molecule has 1 aromatic carbocycles. The standard InChI is InChI=1S/C13H16N4O/c1-10-8-12(16-17(10)2)15-13(18)14-9-11-6-4-3-5-7-11/h3-8H,9H2,1-2H3,(H2,14,15,16,18).